The van der Waals surface area contributed by atoms with Crippen LogP contribution in [0.4, 0.5) is 0 Å². The number of nitrogens with zero attached hydrogens (tertiary/aromatic N) is 1. The molecular weight excluding hydrogens is 330 g/mol. The first-order valence-corrected chi connectivity index (χ1v) is 9.59. The van der Waals surface area contributed by atoms with E-state index in [9.17, 15) is 15.0 Å². The topological polar surface area (TPSA) is 70.0 Å². The first-order valence-electron chi connectivity index (χ1n) is 9.59. The minimum Gasteiger partial charge on any atom is -0.504 e. The highest BCUT2D eigenvalue weighted by Crippen LogP contribution is 2.66. The van der Waals surface area contributed by atoms with E-state index in [0.717, 1.165) is 24.1 Å². The average Bonchev–Trinajstić information content (AvgIpc) is 2.91. The smallest absolute Gasteiger partial charge is 0.178 e. The quantitative estimate of drug-likeness (QED) is 0.743. The molecule has 5 heteroatoms. The molecule has 1 saturated carbocycles. The van der Waals surface area contributed by atoms with Gasteiger partial charge in [-0.1, -0.05) is 26.8 Å². The van der Waals surface area contributed by atoms with Crippen molar-refractivity contribution >= 4 is 5.78 Å². The Morgan fingerprint density at radius 3 is 2.73 bits per heavy atom. The summed E-state index contributed by atoms with van der Waals surface area (Å²) in [5.74, 6) is 0.316. The van der Waals surface area contributed by atoms with Gasteiger partial charge in [-0.15, -0.1) is 0 Å². The molecule has 2 aliphatic carbocycles. The molecule has 2 bridgehead atoms. The molecule has 1 unspecified atom stereocenters. The Labute approximate surface area is 154 Å². The van der Waals surface area contributed by atoms with Crippen molar-refractivity contribution in [2.75, 3.05) is 13.6 Å². The number of hydrogen-bond acceptors (Lipinski definition) is 5. The summed E-state index contributed by atoms with van der Waals surface area (Å²) in [5.41, 5.74) is -0.00628. The van der Waals surface area contributed by atoms with E-state index in [1.54, 1.807) is 6.07 Å². The molecule has 5 nitrogen and oxygen atoms in total. The van der Waals surface area contributed by atoms with Crippen LogP contribution >= 0.6 is 0 Å². The maximum Gasteiger partial charge on any atom is 0.178 e. The predicted octanol–water partition coefficient (Wildman–Crippen LogP) is 2.02. The standard InChI is InChI=1S/C21H27NO4/c1-19(2,3)12-10-21(25)14-9-11-5-6-13(23)17-15(11)20(21,7-8-22(14)4)18(26-17)16(12)24/h5-6,12,14,18,23,25H,7-10H2,1-4H3/t12-,14?,18-,20-,21+/m0/s1. The van der Waals surface area contributed by atoms with Crippen LogP contribution in [-0.4, -0.2) is 52.2 Å². The normalized spacial score (nSPS) is 41.0. The van der Waals surface area contributed by atoms with Gasteiger partial charge in [0.05, 0.1) is 11.0 Å². The SMILES string of the molecule is CN1CC[C@]23c4c5ccc(O)c4O[C@H]2C(=O)[C@@H](C(C)(C)C)C[C@@]3(O)C1C5. The molecule has 0 aromatic heterocycles. The van der Waals surface area contributed by atoms with Gasteiger partial charge in [-0.05, 0) is 49.9 Å². The van der Waals surface area contributed by atoms with Crippen molar-refractivity contribution in [3.8, 4) is 11.5 Å². The zero-order chi connectivity index (χ0) is 18.6. The van der Waals surface area contributed by atoms with Crippen molar-refractivity contribution in [3.63, 3.8) is 0 Å². The third kappa shape index (κ3) is 1.63. The molecule has 1 aromatic carbocycles. The molecule has 2 aliphatic heterocycles. The second-order valence-corrected chi connectivity index (χ2v) is 9.82. The number of likely N-dealkylation sites (N-methyl/N-ethyl adjacent to an activating group) is 1. The van der Waals surface area contributed by atoms with Gasteiger partial charge in [0.25, 0.3) is 0 Å². The Morgan fingerprint density at radius 1 is 1.31 bits per heavy atom. The van der Waals surface area contributed by atoms with Crippen LogP contribution in [0.15, 0.2) is 12.1 Å². The number of likely N-dealkylation sites (tertiary alicyclic amines) is 1. The molecular formula is C21H27NO4. The van der Waals surface area contributed by atoms with Gasteiger partial charge in [0.15, 0.2) is 23.4 Å². The van der Waals surface area contributed by atoms with E-state index in [0.29, 0.717) is 18.6 Å². The Balaban J connectivity index is 1.81. The van der Waals surface area contributed by atoms with Gasteiger partial charge < -0.3 is 19.8 Å². The average molecular weight is 357 g/mol. The van der Waals surface area contributed by atoms with Crippen LogP contribution in [0.3, 0.4) is 0 Å². The van der Waals surface area contributed by atoms with Crippen LogP contribution in [0.25, 0.3) is 0 Å². The van der Waals surface area contributed by atoms with E-state index in [-0.39, 0.29) is 28.9 Å². The van der Waals surface area contributed by atoms with Crippen LogP contribution in [0, 0.1) is 11.3 Å². The summed E-state index contributed by atoms with van der Waals surface area (Å²) in [7, 11) is 2.06. The predicted molar refractivity (Wildman–Crippen MR) is 96.5 cm³/mol. The summed E-state index contributed by atoms with van der Waals surface area (Å²) in [6, 6.07) is 3.56. The van der Waals surface area contributed by atoms with E-state index in [1.165, 1.54) is 0 Å². The lowest BCUT2D eigenvalue weighted by molar-refractivity contribution is -0.200. The molecule has 4 aliphatic rings. The highest BCUT2D eigenvalue weighted by atomic mass is 16.5. The molecule has 5 rings (SSSR count). The van der Waals surface area contributed by atoms with Crippen molar-refractivity contribution in [1.29, 1.82) is 0 Å². The lowest BCUT2D eigenvalue weighted by atomic mass is 9.46. The summed E-state index contributed by atoms with van der Waals surface area (Å²) < 4.78 is 6.17. The number of ketones is 1. The molecule has 1 spiro atoms. The molecule has 0 amide bonds. The van der Waals surface area contributed by atoms with Crippen molar-refractivity contribution in [1.82, 2.24) is 4.90 Å². The van der Waals surface area contributed by atoms with Crippen LogP contribution in [0.5, 0.6) is 11.5 Å². The number of phenolic OH excluding ortho intramolecular Hbond substituents is 1. The Hall–Kier alpha value is -1.59. The lowest BCUT2D eigenvalue weighted by Crippen LogP contribution is -2.78. The van der Waals surface area contributed by atoms with Crippen molar-refractivity contribution in [2.24, 2.45) is 11.3 Å². The number of carbonyl (C=O) groups excluding carboxylic acids is 1. The van der Waals surface area contributed by atoms with Gasteiger partial charge in [0, 0.05) is 17.5 Å². The van der Waals surface area contributed by atoms with Crippen LogP contribution < -0.4 is 4.74 Å². The number of piperidine rings is 1. The molecule has 2 N–H and O–H groups in total. The number of carbonyl (C=O) groups is 1. The first kappa shape index (κ1) is 16.6. The molecule has 1 saturated heterocycles. The van der Waals surface area contributed by atoms with Gasteiger partial charge in [-0.3, -0.25) is 4.79 Å². The molecule has 1 aromatic rings. The minimum absolute atomic E-state index is 0.0386. The van der Waals surface area contributed by atoms with E-state index >= 15 is 0 Å². The van der Waals surface area contributed by atoms with Gasteiger partial charge in [-0.25, -0.2) is 0 Å². The van der Waals surface area contributed by atoms with E-state index in [2.05, 4.69) is 32.7 Å². The summed E-state index contributed by atoms with van der Waals surface area (Å²) in [6.45, 7) is 6.99. The fraction of sp³-hybridized carbons (Fsp3) is 0.667. The van der Waals surface area contributed by atoms with Crippen molar-refractivity contribution < 1.29 is 19.7 Å². The number of Topliss-reactive ketones (excluding diaryl/α,β-unsaturated/α-hetero) is 1. The Bertz CT molecular complexity index is 828. The highest BCUT2D eigenvalue weighted by Gasteiger charge is 2.75. The number of rotatable bonds is 0. The molecule has 26 heavy (non-hydrogen) atoms. The summed E-state index contributed by atoms with van der Waals surface area (Å²) >= 11 is 0. The lowest BCUT2D eigenvalue weighted by Gasteiger charge is -2.64. The van der Waals surface area contributed by atoms with Gasteiger partial charge >= 0.3 is 0 Å². The fourth-order valence-corrected chi connectivity index (χ4v) is 6.31. The third-order valence-corrected chi connectivity index (χ3v) is 7.64. The van der Waals surface area contributed by atoms with E-state index < -0.39 is 17.1 Å². The second kappa shape index (κ2) is 4.63. The monoisotopic (exact) mass is 357 g/mol. The number of aliphatic hydroxyl groups is 1. The van der Waals surface area contributed by atoms with Gasteiger partial charge in [0.2, 0.25) is 0 Å². The van der Waals surface area contributed by atoms with Crippen LogP contribution in [-0.2, 0) is 16.6 Å². The van der Waals surface area contributed by atoms with Gasteiger partial charge in [-0.2, -0.15) is 0 Å². The summed E-state index contributed by atoms with van der Waals surface area (Å²) in [4.78, 5) is 15.7. The maximum atomic E-state index is 13.5. The zero-order valence-electron chi connectivity index (χ0n) is 15.9. The second-order valence-electron chi connectivity index (χ2n) is 9.82. The van der Waals surface area contributed by atoms with E-state index in [4.69, 9.17) is 4.74 Å². The number of hydrogen-bond donors (Lipinski definition) is 2. The molecule has 5 atom stereocenters. The largest absolute Gasteiger partial charge is 0.504 e. The first-order chi connectivity index (χ1) is 12.1. The Kier molecular flexibility index (Phi) is 2.95. The number of phenols is 1. The van der Waals surface area contributed by atoms with Crippen LogP contribution in [0.1, 0.15) is 44.7 Å². The van der Waals surface area contributed by atoms with Gasteiger partial charge in [0.1, 0.15) is 0 Å². The number of benzene rings is 1. The molecule has 140 valence electrons. The highest BCUT2D eigenvalue weighted by molar-refractivity contribution is 5.92. The maximum absolute atomic E-state index is 13.5. The van der Waals surface area contributed by atoms with Crippen molar-refractivity contribution in [3.05, 3.63) is 23.3 Å². The molecule has 0 radical (unpaired) electrons. The number of ether oxygens (including phenoxy) is 1. The fourth-order valence-electron chi connectivity index (χ4n) is 6.31. The molecule has 2 fully saturated rings. The number of aromatic hydroxyl groups is 1. The van der Waals surface area contributed by atoms with Crippen molar-refractivity contribution in [2.45, 2.75) is 63.2 Å². The minimum atomic E-state index is -1.03. The third-order valence-electron chi connectivity index (χ3n) is 7.64. The summed E-state index contributed by atoms with van der Waals surface area (Å²) in [5, 5.41) is 22.6. The molecule has 2 heterocycles. The van der Waals surface area contributed by atoms with Crippen LogP contribution in [0.2, 0.25) is 0 Å². The zero-order valence-corrected chi connectivity index (χ0v) is 15.9. The van der Waals surface area contributed by atoms with E-state index in [1.807, 2.05) is 6.07 Å². The Morgan fingerprint density at radius 2 is 2.04 bits per heavy atom. The summed E-state index contributed by atoms with van der Waals surface area (Å²) in [6.07, 6.45) is 1.15.